The molecule has 1 heterocycles. The smallest absolute Gasteiger partial charge is 0.263 e. The minimum atomic E-state index is -2.78. The second-order valence-corrected chi connectivity index (χ2v) is 10.1. The van der Waals surface area contributed by atoms with Gasteiger partial charge in [-0.2, -0.15) is 0 Å². The van der Waals surface area contributed by atoms with Crippen LogP contribution in [0.4, 0.5) is 13.2 Å². The number of hydrogen-bond donors (Lipinski definition) is 1. The molecule has 0 spiro atoms. The van der Waals surface area contributed by atoms with E-state index in [2.05, 4.69) is 21.7 Å². The zero-order valence-corrected chi connectivity index (χ0v) is 21.4. The van der Waals surface area contributed by atoms with Gasteiger partial charge < -0.3 is 15.1 Å². The molecule has 0 bridgehead atoms. The lowest BCUT2D eigenvalue weighted by molar-refractivity contribution is 0.0803. The monoisotopic (exact) mass is 495 g/mol. The van der Waals surface area contributed by atoms with Gasteiger partial charge in [-0.25, -0.2) is 13.2 Å². The summed E-state index contributed by atoms with van der Waals surface area (Å²) in [6, 6.07) is 13.7. The maximum Gasteiger partial charge on any atom is 0.263 e. The highest BCUT2D eigenvalue weighted by Gasteiger charge is 2.46. The minimum absolute atomic E-state index is 0.322. The van der Waals surface area contributed by atoms with E-state index in [1.807, 2.05) is 69.7 Å². The van der Waals surface area contributed by atoms with E-state index in [1.54, 1.807) is 0 Å². The molecule has 2 aromatic rings. The third-order valence-electron chi connectivity index (χ3n) is 7.81. The largest absolute Gasteiger partial charge is 0.382 e. The van der Waals surface area contributed by atoms with Gasteiger partial charge >= 0.3 is 0 Å². The summed E-state index contributed by atoms with van der Waals surface area (Å²) < 4.78 is 42.7. The van der Waals surface area contributed by atoms with Crippen LogP contribution in [-0.2, 0) is 12.0 Å². The Bertz CT molecular complexity index is 1120. The van der Waals surface area contributed by atoms with Crippen molar-refractivity contribution < 1.29 is 13.2 Å². The number of nitrogens with one attached hydrogen (secondary N) is 1. The van der Waals surface area contributed by atoms with Crippen molar-refractivity contribution in [2.45, 2.75) is 63.1 Å². The molecule has 1 aliphatic heterocycles. The maximum absolute atomic E-state index is 14.9. The molecule has 2 atom stereocenters. The summed E-state index contributed by atoms with van der Waals surface area (Å²) in [6.07, 6.45) is 8.22. The lowest BCUT2D eigenvalue weighted by Gasteiger charge is -2.51. The maximum atomic E-state index is 14.9. The van der Waals surface area contributed by atoms with Gasteiger partial charge in [0.05, 0.1) is 17.4 Å². The summed E-state index contributed by atoms with van der Waals surface area (Å²) in [5.41, 5.74) is 1.30. The molecule has 1 aliphatic carbocycles. The van der Waals surface area contributed by atoms with Crippen LogP contribution in [0.3, 0.4) is 0 Å². The number of nitrogens with zero attached hydrogens (tertiary/aromatic N) is 2. The first-order chi connectivity index (χ1) is 17.2. The van der Waals surface area contributed by atoms with E-state index in [9.17, 15) is 13.2 Å². The quantitative estimate of drug-likeness (QED) is 0.408. The van der Waals surface area contributed by atoms with E-state index >= 15 is 0 Å². The third kappa shape index (κ3) is 5.18. The van der Waals surface area contributed by atoms with Crippen LogP contribution in [0.2, 0.25) is 0 Å². The summed E-state index contributed by atoms with van der Waals surface area (Å²) in [5, 5.41) is 3.48. The van der Waals surface area contributed by atoms with Crippen molar-refractivity contribution >= 4 is 0 Å². The van der Waals surface area contributed by atoms with Crippen molar-refractivity contribution in [1.29, 1.82) is 0 Å². The molecule has 192 valence electrons. The predicted octanol–water partition coefficient (Wildman–Crippen LogP) is 6.91. The average molecular weight is 496 g/mol. The fourth-order valence-corrected chi connectivity index (χ4v) is 5.65. The van der Waals surface area contributed by atoms with Crippen molar-refractivity contribution in [3.63, 3.8) is 0 Å². The Morgan fingerprint density at radius 2 is 1.81 bits per heavy atom. The average Bonchev–Trinajstić information content (AvgIpc) is 3.42. The molecule has 0 radical (unpaired) electrons. The van der Waals surface area contributed by atoms with Crippen LogP contribution in [0.15, 0.2) is 84.9 Å². The zero-order valence-electron chi connectivity index (χ0n) is 21.4. The summed E-state index contributed by atoms with van der Waals surface area (Å²) in [7, 11) is 4.00. The Balaban J connectivity index is 1.90. The van der Waals surface area contributed by atoms with Crippen LogP contribution in [0, 0.1) is 5.82 Å². The molecule has 4 rings (SSSR count). The van der Waals surface area contributed by atoms with E-state index < -0.39 is 17.8 Å². The number of rotatable bonds is 9. The molecule has 2 aromatic carbocycles. The number of benzene rings is 2. The molecule has 1 saturated carbocycles. The van der Waals surface area contributed by atoms with Gasteiger partial charge in [-0.3, -0.25) is 0 Å². The number of dihydropyridines is 1. The first kappa shape index (κ1) is 25.9. The first-order valence-corrected chi connectivity index (χ1v) is 12.6. The van der Waals surface area contributed by atoms with Crippen LogP contribution < -0.4 is 5.32 Å². The topological polar surface area (TPSA) is 18.5 Å². The van der Waals surface area contributed by atoms with Crippen LogP contribution in [0.25, 0.3) is 0 Å². The molecule has 1 fully saturated rings. The Morgan fingerprint density at radius 1 is 1.11 bits per heavy atom. The molecular formula is C30H36F3N3. The SMILES string of the molecule is C=C(N(C)C1CCCC1)N(C)C(Cc1ccccc1)(c1cc(F)cc(C(F)F)c1)C1C=CC(C)=CN1. The van der Waals surface area contributed by atoms with Gasteiger partial charge in [-0.15, -0.1) is 0 Å². The Morgan fingerprint density at radius 3 is 2.42 bits per heavy atom. The Labute approximate surface area is 213 Å². The lowest BCUT2D eigenvalue weighted by Crippen LogP contribution is -2.59. The fraction of sp³-hybridized carbons (Fsp3) is 0.400. The first-order valence-electron chi connectivity index (χ1n) is 12.6. The van der Waals surface area contributed by atoms with Crippen LogP contribution in [0.1, 0.15) is 55.7 Å². The third-order valence-corrected chi connectivity index (χ3v) is 7.81. The Kier molecular flexibility index (Phi) is 7.82. The highest BCUT2D eigenvalue weighted by atomic mass is 19.3. The van der Waals surface area contributed by atoms with Crippen LogP contribution in [0.5, 0.6) is 0 Å². The van der Waals surface area contributed by atoms with Crippen molar-refractivity contribution in [2.75, 3.05) is 14.1 Å². The van der Waals surface area contributed by atoms with Crippen LogP contribution >= 0.6 is 0 Å². The number of alkyl halides is 2. The molecule has 6 heteroatoms. The van der Waals surface area contributed by atoms with Gasteiger partial charge in [0.2, 0.25) is 0 Å². The van der Waals surface area contributed by atoms with E-state index in [4.69, 9.17) is 0 Å². The predicted molar refractivity (Wildman–Crippen MR) is 140 cm³/mol. The van der Waals surface area contributed by atoms with Crippen LogP contribution in [-0.4, -0.2) is 36.0 Å². The number of halogens is 3. The van der Waals surface area contributed by atoms with E-state index in [1.165, 1.54) is 25.0 Å². The normalized spacial score (nSPS) is 19.5. The number of hydrogen-bond acceptors (Lipinski definition) is 3. The number of likely N-dealkylation sites (N-methyl/N-ethyl adjacent to an activating group) is 1. The van der Waals surface area contributed by atoms with E-state index in [-0.39, 0.29) is 11.6 Å². The summed E-state index contributed by atoms with van der Waals surface area (Å²) in [4.78, 5) is 4.27. The fourth-order valence-electron chi connectivity index (χ4n) is 5.65. The molecule has 3 nitrogen and oxygen atoms in total. The number of allylic oxidation sites excluding steroid dienone is 2. The second kappa shape index (κ2) is 10.9. The van der Waals surface area contributed by atoms with Gasteiger partial charge in [0, 0.05) is 32.1 Å². The van der Waals surface area contributed by atoms with Gasteiger partial charge in [-0.1, -0.05) is 61.9 Å². The van der Waals surface area contributed by atoms with Gasteiger partial charge in [0.25, 0.3) is 6.43 Å². The van der Waals surface area contributed by atoms with Gasteiger partial charge in [0.15, 0.2) is 0 Å². The van der Waals surface area contributed by atoms with Crippen molar-refractivity contribution in [3.8, 4) is 0 Å². The second-order valence-electron chi connectivity index (χ2n) is 10.1. The van der Waals surface area contributed by atoms with Crippen molar-refractivity contribution in [3.05, 3.63) is 107 Å². The molecule has 2 unspecified atom stereocenters. The zero-order chi connectivity index (χ0) is 25.9. The minimum Gasteiger partial charge on any atom is -0.382 e. The summed E-state index contributed by atoms with van der Waals surface area (Å²) >= 11 is 0. The van der Waals surface area contributed by atoms with E-state index in [0.717, 1.165) is 35.9 Å². The Hall–Kier alpha value is -3.15. The molecule has 1 N–H and O–H groups in total. The summed E-state index contributed by atoms with van der Waals surface area (Å²) in [5.74, 6) is 0.108. The molecule has 2 aliphatic rings. The lowest BCUT2D eigenvalue weighted by atomic mass is 9.75. The molecule has 0 saturated heterocycles. The standard InChI is InChI=1S/C30H36F3N3/c1-21-14-15-28(34-20-21)30(19-23-10-6-5-7-11-23,25-16-24(29(32)33)17-26(31)18-25)36(4)22(2)35(3)27-12-8-9-13-27/h5-7,10-11,14-18,20,27-29,34H,2,8-9,12-13,19H2,1,3-4H3. The molecule has 0 amide bonds. The van der Waals surface area contributed by atoms with Gasteiger partial charge in [0.1, 0.15) is 5.82 Å². The highest BCUT2D eigenvalue weighted by molar-refractivity contribution is 5.40. The highest BCUT2D eigenvalue weighted by Crippen LogP contribution is 2.42. The van der Waals surface area contributed by atoms with Gasteiger partial charge in [-0.05, 0) is 60.9 Å². The van der Waals surface area contributed by atoms with Crippen molar-refractivity contribution in [2.24, 2.45) is 0 Å². The summed E-state index contributed by atoms with van der Waals surface area (Å²) in [6.45, 7) is 6.46. The molecular weight excluding hydrogens is 459 g/mol. The van der Waals surface area contributed by atoms with Crippen molar-refractivity contribution in [1.82, 2.24) is 15.1 Å². The molecule has 0 aromatic heterocycles. The van der Waals surface area contributed by atoms with E-state index in [0.29, 0.717) is 18.0 Å². The molecule has 36 heavy (non-hydrogen) atoms.